The van der Waals surface area contributed by atoms with Gasteiger partial charge < -0.3 is 14.7 Å². The number of benzene rings is 3. The van der Waals surface area contributed by atoms with Gasteiger partial charge in [-0.3, -0.25) is 0 Å². The van der Waals surface area contributed by atoms with Gasteiger partial charge in [0, 0.05) is 10.6 Å². The molecule has 3 rings (SSSR count). The third kappa shape index (κ3) is 5.59. The van der Waals surface area contributed by atoms with Crippen LogP contribution in [0.15, 0.2) is 78.0 Å². The van der Waals surface area contributed by atoms with E-state index in [1.807, 2.05) is 72.8 Å². The maximum absolute atomic E-state index is 10.4. The van der Waals surface area contributed by atoms with Gasteiger partial charge in [0.05, 0.1) is 6.21 Å². The Morgan fingerprint density at radius 3 is 2.54 bits per heavy atom. The van der Waals surface area contributed by atoms with Gasteiger partial charge in [-0.15, -0.1) is 0 Å². The van der Waals surface area contributed by atoms with E-state index in [-0.39, 0.29) is 0 Å². The minimum absolute atomic E-state index is 0.398. The summed E-state index contributed by atoms with van der Waals surface area (Å²) in [5, 5.41) is 12.8. The Morgan fingerprint density at radius 1 is 1.00 bits per heavy atom. The first-order chi connectivity index (χ1) is 13.6. The Morgan fingerprint density at radius 2 is 1.79 bits per heavy atom. The van der Waals surface area contributed by atoms with Gasteiger partial charge in [0.15, 0.2) is 0 Å². The van der Waals surface area contributed by atoms with Gasteiger partial charge >= 0.3 is 5.97 Å². The van der Waals surface area contributed by atoms with Gasteiger partial charge in [-0.1, -0.05) is 71.4 Å². The first-order valence-electron chi connectivity index (χ1n) is 8.55. The summed E-state index contributed by atoms with van der Waals surface area (Å²) >= 11 is 6.16. The lowest BCUT2D eigenvalue weighted by atomic mass is 10.0. The SMILES string of the molecule is O=C(O)CO/N=C/c1ccc(-c2cccc(OCc3ccccc3Cl)c2)cc1. The molecule has 0 aliphatic rings. The Labute approximate surface area is 167 Å². The van der Waals surface area contributed by atoms with Gasteiger partial charge in [0.25, 0.3) is 0 Å². The van der Waals surface area contributed by atoms with Crippen LogP contribution in [0.2, 0.25) is 5.02 Å². The van der Waals surface area contributed by atoms with Crippen LogP contribution in [-0.2, 0) is 16.2 Å². The van der Waals surface area contributed by atoms with Crippen LogP contribution in [0.3, 0.4) is 0 Å². The fourth-order valence-corrected chi connectivity index (χ4v) is 2.68. The second-order valence-corrected chi connectivity index (χ2v) is 6.34. The van der Waals surface area contributed by atoms with Crippen molar-refractivity contribution in [1.29, 1.82) is 0 Å². The fraction of sp³-hybridized carbons (Fsp3) is 0.0909. The molecule has 0 aromatic heterocycles. The Balaban J connectivity index is 1.64. The number of oxime groups is 1. The largest absolute Gasteiger partial charge is 0.489 e. The molecule has 1 N–H and O–H groups in total. The van der Waals surface area contributed by atoms with E-state index in [0.717, 1.165) is 28.0 Å². The number of ether oxygens (including phenoxy) is 1. The summed E-state index contributed by atoms with van der Waals surface area (Å²) in [5.74, 6) is -0.311. The summed E-state index contributed by atoms with van der Waals surface area (Å²) in [4.78, 5) is 15.0. The van der Waals surface area contributed by atoms with Gasteiger partial charge in [0.2, 0.25) is 6.61 Å². The van der Waals surface area contributed by atoms with Gasteiger partial charge in [-0.05, 0) is 34.9 Å². The van der Waals surface area contributed by atoms with Crippen LogP contribution in [0.4, 0.5) is 0 Å². The quantitative estimate of drug-likeness (QED) is 0.429. The lowest BCUT2D eigenvalue weighted by Gasteiger charge is -2.09. The van der Waals surface area contributed by atoms with E-state index in [0.29, 0.717) is 11.6 Å². The van der Waals surface area contributed by atoms with E-state index in [4.69, 9.17) is 21.4 Å². The number of carbonyl (C=O) groups is 1. The summed E-state index contributed by atoms with van der Waals surface area (Å²) < 4.78 is 5.87. The van der Waals surface area contributed by atoms with Crippen molar-refractivity contribution in [1.82, 2.24) is 0 Å². The number of aliphatic carboxylic acids is 1. The number of halogens is 1. The molecule has 0 amide bonds. The first kappa shape index (κ1) is 19.5. The Kier molecular flexibility index (Phi) is 6.65. The van der Waals surface area contributed by atoms with Crippen LogP contribution in [0.5, 0.6) is 5.75 Å². The van der Waals surface area contributed by atoms with Gasteiger partial charge in [-0.2, -0.15) is 0 Å². The van der Waals surface area contributed by atoms with Gasteiger partial charge in [0.1, 0.15) is 12.4 Å². The van der Waals surface area contributed by atoms with Crippen molar-refractivity contribution in [2.75, 3.05) is 6.61 Å². The van der Waals surface area contributed by atoms with Crippen LogP contribution in [0.1, 0.15) is 11.1 Å². The Bertz CT molecular complexity index is 970. The van der Waals surface area contributed by atoms with Crippen LogP contribution in [0.25, 0.3) is 11.1 Å². The lowest BCUT2D eigenvalue weighted by molar-refractivity contribution is -0.142. The normalized spacial score (nSPS) is 10.8. The molecular formula is C22H18ClNO4. The smallest absolute Gasteiger partial charge is 0.344 e. The Hall–Kier alpha value is -3.31. The molecule has 0 saturated carbocycles. The van der Waals surface area contributed by atoms with Crippen molar-refractivity contribution >= 4 is 23.8 Å². The van der Waals surface area contributed by atoms with E-state index in [2.05, 4.69) is 9.99 Å². The molecule has 3 aromatic rings. The van der Waals surface area contributed by atoms with Crippen LogP contribution < -0.4 is 4.74 Å². The number of carboxylic acid groups (broad SMARTS) is 1. The van der Waals surface area contributed by atoms with Crippen LogP contribution in [0, 0.1) is 0 Å². The molecule has 5 nitrogen and oxygen atoms in total. The minimum Gasteiger partial charge on any atom is -0.489 e. The molecular weight excluding hydrogens is 378 g/mol. The van der Waals surface area contributed by atoms with Crippen molar-refractivity contribution in [3.63, 3.8) is 0 Å². The summed E-state index contributed by atoms with van der Waals surface area (Å²) in [5.41, 5.74) is 3.78. The summed E-state index contributed by atoms with van der Waals surface area (Å²) in [6.45, 7) is -0.0650. The van der Waals surface area contributed by atoms with Crippen LogP contribution in [-0.4, -0.2) is 23.9 Å². The number of nitrogens with zero attached hydrogens (tertiary/aromatic N) is 1. The minimum atomic E-state index is -1.07. The van der Waals surface area contributed by atoms with E-state index in [9.17, 15) is 4.79 Å². The predicted octanol–water partition coefficient (Wildman–Crippen LogP) is 5.02. The second kappa shape index (κ2) is 9.58. The topological polar surface area (TPSA) is 68.1 Å². The second-order valence-electron chi connectivity index (χ2n) is 5.93. The highest BCUT2D eigenvalue weighted by Crippen LogP contribution is 2.25. The maximum atomic E-state index is 10.4. The third-order valence-electron chi connectivity index (χ3n) is 3.89. The molecule has 0 spiro atoms. The molecule has 3 aromatic carbocycles. The lowest BCUT2D eigenvalue weighted by Crippen LogP contribution is -2.03. The zero-order valence-electron chi connectivity index (χ0n) is 14.9. The molecule has 6 heteroatoms. The monoisotopic (exact) mass is 395 g/mol. The zero-order valence-corrected chi connectivity index (χ0v) is 15.7. The van der Waals surface area contributed by atoms with Crippen molar-refractivity contribution in [2.24, 2.45) is 5.16 Å². The number of hydrogen-bond donors (Lipinski definition) is 1. The highest BCUT2D eigenvalue weighted by molar-refractivity contribution is 6.31. The maximum Gasteiger partial charge on any atom is 0.344 e. The van der Waals surface area contributed by atoms with E-state index < -0.39 is 12.6 Å². The molecule has 0 unspecified atom stereocenters. The highest BCUT2D eigenvalue weighted by atomic mass is 35.5. The molecule has 142 valence electrons. The van der Waals surface area contributed by atoms with Gasteiger partial charge in [-0.25, -0.2) is 4.79 Å². The summed E-state index contributed by atoms with van der Waals surface area (Å²) in [6.07, 6.45) is 1.47. The number of carboxylic acids is 1. The zero-order chi connectivity index (χ0) is 19.8. The average Bonchev–Trinajstić information content (AvgIpc) is 2.71. The molecule has 0 bridgehead atoms. The molecule has 0 heterocycles. The summed E-state index contributed by atoms with van der Waals surface area (Å²) in [7, 11) is 0. The highest BCUT2D eigenvalue weighted by Gasteiger charge is 2.03. The molecule has 0 fully saturated rings. The molecule has 0 atom stereocenters. The molecule has 0 saturated heterocycles. The van der Waals surface area contributed by atoms with E-state index >= 15 is 0 Å². The van der Waals surface area contributed by atoms with Crippen molar-refractivity contribution < 1.29 is 19.5 Å². The number of rotatable bonds is 8. The fourth-order valence-electron chi connectivity index (χ4n) is 2.49. The third-order valence-corrected chi connectivity index (χ3v) is 4.26. The molecule has 0 aliphatic heterocycles. The van der Waals surface area contributed by atoms with Crippen LogP contribution >= 0.6 is 11.6 Å². The van der Waals surface area contributed by atoms with E-state index in [1.165, 1.54) is 6.21 Å². The standard InChI is InChI=1S/C22H18ClNO4/c23-21-7-2-1-4-19(21)14-27-20-6-3-5-18(12-20)17-10-8-16(9-11-17)13-24-28-15-22(25)26/h1-13H,14-15H2,(H,25,26)/b24-13+. The van der Waals surface area contributed by atoms with Crippen molar-refractivity contribution in [3.05, 3.63) is 88.9 Å². The summed E-state index contributed by atoms with van der Waals surface area (Å²) in [6, 6.07) is 23.1. The van der Waals surface area contributed by atoms with Crippen molar-refractivity contribution in [3.8, 4) is 16.9 Å². The average molecular weight is 396 g/mol. The predicted molar refractivity (Wildman–Crippen MR) is 109 cm³/mol. The molecule has 28 heavy (non-hydrogen) atoms. The molecule has 0 aliphatic carbocycles. The first-order valence-corrected chi connectivity index (χ1v) is 8.93. The van der Waals surface area contributed by atoms with Crippen molar-refractivity contribution in [2.45, 2.75) is 6.61 Å². The van der Waals surface area contributed by atoms with E-state index in [1.54, 1.807) is 0 Å². The molecule has 0 radical (unpaired) electrons. The number of hydrogen-bond acceptors (Lipinski definition) is 4.